The van der Waals surface area contributed by atoms with Crippen molar-refractivity contribution in [3.63, 3.8) is 0 Å². The Labute approximate surface area is 174 Å². The van der Waals surface area contributed by atoms with Crippen molar-refractivity contribution in [2.75, 3.05) is 12.8 Å². The van der Waals surface area contributed by atoms with Gasteiger partial charge in [0.1, 0.15) is 6.04 Å². The van der Waals surface area contributed by atoms with Crippen molar-refractivity contribution in [2.45, 2.75) is 25.3 Å². The predicted molar refractivity (Wildman–Crippen MR) is 113 cm³/mol. The third-order valence-electron chi connectivity index (χ3n) is 4.12. The molecule has 0 aromatic heterocycles. The molecule has 1 atom stereocenters. The standard InChI is InChI=1S/C20H22Cl2N2O2S/c1-14(20(26)23-2)24(11-16-5-3-4-6-18(16)22)19(25)13-27-12-15-7-9-17(21)10-8-15/h3-10,14H,11-13H2,1-2H3,(H,23,26)/t14-/m1/s1. The second-order valence-electron chi connectivity index (χ2n) is 6.02. The number of hydrogen-bond acceptors (Lipinski definition) is 3. The summed E-state index contributed by atoms with van der Waals surface area (Å²) >= 11 is 13.6. The highest BCUT2D eigenvalue weighted by molar-refractivity contribution is 7.99. The number of nitrogens with zero attached hydrogens (tertiary/aromatic N) is 1. The monoisotopic (exact) mass is 424 g/mol. The van der Waals surface area contributed by atoms with Gasteiger partial charge in [-0.25, -0.2) is 0 Å². The van der Waals surface area contributed by atoms with Crippen LogP contribution in [-0.4, -0.2) is 35.6 Å². The van der Waals surface area contributed by atoms with E-state index in [2.05, 4.69) is 5.32 Å². The Kier molecular flexibility index (Phi) is 8.48. The molecule has 4 nitrogen and oxygen atoms in total. The van der Waals surface area contributed by atoms with E-state index < -0.39 is 6.04 Å². The lowest BCUT2D eigenvalue weighted by Crippen LogP contribution is -2.47. The first-order chi connectivity index (χ1) is 12.9. The normalized spacial score (nSPS) is 11.7. The SMILES string of the molecule is CNC(=O)[C@@H](C)N(Cc1ccccc1Cl)C(=O)CSCc1ccc(Cl)cc1. The smallest absolute Gasteiger partial charge is 0.242 e. The fraction of sp³-hybridized carbons (Fsp3) is 0.300. The minimum Gasteiger partial charge on any atom is -0.357 e. The molecule has 27 heavy (non-hydrogen) atoms. The van der Waals surface area contributed by atoms with Gasteiger partial charge in [0.05, 0.1) is 5.75 Å². The molecule has 0 spiro atoms. The maximum atomic E-state index is 12.8. The molecule has 0 saturated heterocycles. The highest BCUT2D eigenvalue weighted by atomic mass is 35.5. The molecule has 0 unspecified atom stereocenters. The number of amides is 2. The number of hydrogen-bond donors (Lipinski definition) is 1. The molecule has 0 bridgehead atoms. The largest absolute Gasteiger partial charge is 0.357 e. The van der Waals surface area contributed by atoms with Crippen LogP contribution in [0.25, 0.3) is 0 Å². The van der Waals surface area contributed by atoms with Crippen LogP contribution in [0.4, 0.5) is 0 Å². The number of carbonyl (C=O) groups excluding carboxylic acids is 2. The minimum absolute atomic E-state index is 0.106. The van der Waals surface area contributed by atoms with E-state index in [1.165, 1.54) is 11.8 Å². The average Bonchev–Trinajstić information content (AvgIpc) is 2.67. The Morgan fingerprint density at radius 3 is 2.41 bits per heavy atom. The van der Waals surface area contributed by atoms with E-state index in [-0.39, 0.29) is 24.1 Å². The van der Waals surface area contributed by atoms with Gasteiger partial charge >= 0.3 is 0 Å². The molecular weight excluding hydrogens is 403 g/mol. The molecule has 0 radical (unpaired) electrons. The van der Waals surface area contributed by atoms with Gasteiger partial charge in [0.15, 0.2) is 0 Å². The van der Waals surface area contributed by atoms with Crippen molar-refractivity contribution >= 4 is 46.8 Å². The Balaban J connectivity index is 2.04. The molecule has 144 valence electrons. The summed E-state index contributed by atoms with van der Waals surface area (Å²) in [6, 6.07) is 14.3. The van der Waals surface area contributed by atoms with Crippen LogP contribution >= 0.6 is 35.0 Å². The number of rotatable bonds is 8. The summed E-state index contributed by atoms with van der Waals surface area (Å²) in [4.78, 5) is 26.5. The quantitative estimate of drug-likeness (QED) is 0.683. The van der Waals surface area contributed by atoms with Gasteiger partial charge in [-0.15, -0.1) is 11.8 Å². The Morgan fingerprint density at radius 2 is 1.78 bits per heavy atom. The molecule has 2 rings (SSSR count). The van der Waals surface area contributed by atoms with Gasteiger partial charge in [-0.1, -0.05) is 53.5 Å². The van der Waals surface area contributed by atoms with Crippen LogP contribution in [0.3, 0.4) is 0 Å². The fourth-order valence-corrected chi connectivity index (χ4v) is 3.71. The van der Waals surface area contributed by atoms with Crippen molar-refractivity contribution in [3.05, 3.63) is 69.7 Å². The van der Waals surface area contributed by atoms with Crippen molar-refractivity contribution in [1.82, 2.24) is 10.2 Å². The van der Waals surface area contributed by atoms with Crippen LogP contribution in [0.15, 0.2) is 48.5 Å². The lowest BCUT2D eigenvalue weighted by molar-refractivity contribution is -0.138. The molecule has 0 aliphatic heterocycles. The van der Waals surface area contributed by atoms with Gasteiger partial charge < -0.3 is 10.2 Å². The van der Waals surface area contributed by atoms with Gasteiger partial charge in [-0.3, -0.25) is 9.59 Å². The number of halogens is 2. The number of thioether (sulfide) groups is 1. The molecule has 2 aromatic rings. The summed E-state index contributed by atoms with van der Waals surface area (Å²) in [5, 5.41) is 3.86. The first-order valence-electron chi connectivity index (χ1n) is 8.49. The number of carbonyl (C=O) groups is 2. The number of nitrogens with one attached hydrogen (secondary N) is 1. The molecule has 0 saturated carbocycles. The van der Waals surface area contributed by atoms with Crippen LogP contribution in [0.1, 0.15) is 18.1 Å². The molecule has 0 fully saturated rings. The maximum absolute atomic E-state index is 12.8. The molecule has 0 aliphatic rings. The van der Waals surface area contributed by atoms with E-state index in [4.69, 9.17) is 23.2 Å². The van der Waals surface area contributed by atoms with E-state index in [1.807, 2.05) is 42.5 Å². The van der Waals surface area contributed by atoms with Crippen molar-refractivity contribution in [2.24, 2.45) is 0 Å². The Bertz CT molecular complexity index is 784. The van der Waals surface area contributed by atoms with Crippen molar-refractivity contribution in [1.29, 1.82) is 0 Å². The van der Waals surface area contributed by atoms with Gasteiger partial charge in [-0.05, 0) is 36.2 Å². The second kappa shape index (κ2) is 10.6. The number of likely N-dealkylation sites (N-methyl/N-ethyl adjacent to an activating group) is 1. The zero-order valence-corrected chi connectivity index (χ0v) is 17.6. The summed E-state index contributed by atoms with van der Waals surface area (Å²) in [5.41, 5.74) is 1.90. The lowest BCUT2D eigenvalue weighted by atomic mass is 10.1. The molecule has 1 N–H and O–H groups in total. The van der Waals surface area contributed by atoms with Gasteiger partial charge in [-0.2, -0.15) is 0 Å². The van der Waals surface area contributed by atoms with E-state index in [9.17, 15) is 9.59 Å². The summed E-state index contributed by atoms with van der Waals surface area (Å²) in [6.45, 7) is 2.01. The first-order valence-corrected chi connectivity index (χ1v) is 10.4. The highest BCUT2D eigenvalue weighted by Crippen LogP contribution is 2.21. The Morgan fingerprint density at radius 1 is 1.11 bits per heavy atom. The topological polar surface area (TPSA) is 49.4 Å². The number of benzene rings is 2. The molecule has 0 heterocycles. The first kappa shape index (κ1) is 21.6. The van der Waals surface area contributed by atoms with Crippen LogP contribution in [0.2, 0.25) is 10.0 Å². The summed E-state index contributed by atoms with van der Waals surface area (Å²) < 4.78 is 0. The van der Waals surface area contributed by atoms with Gasteiger partial charge in [0.25, 0.3) is 0 Å². The van der Waals surface area contributed by atoms with Crippen LogP contribution in [0, 0.1) is 0 Å². The van der Waals surface area contributed by atoms with Crippen molar-refractivity contribution in [3.8, 4) is 0 Å². The van der Waals surface area contributed by atoms with Gasteiger partial charge in [0.2, 0.25) is 11.8 Å². The van der Waals surface area contributed by atoms with E-state index in [1.54, 1.807) is 24.9 Å². The van der Waals surface area contributed by atoms with E-state index >= 15 is 0 Å². The summed E-state index contributed by atoms with van der Waals surface area (Å²) in [5.74, 6) is 0.647. The second-order valence-corrected chi connectivity index (χ2v) is 7.85. The summed E-state index contributed by atoms with van der Waals surface area (Å²) in [6.07, 6.45) is 0. The highest BCUT2D eigenvalue weighted by Gasteiger charge is 2.25. The molecule has 2 amide bonds. The van der Waals surface area contributed by atoms with E-state index in [0.717, 1.165) is 11.1 Å². The predicted octanol–water partition coefficient (Wildman–Crippen LogP) is 4.39. The van der Waals surface area contributed by atoms with Crippen LogP contribution < -0.4 is 5.32 Å². The van der Waals surface area contributed by atoms with Crippen LogP contribution in [0.5, 0.6) is 0 Å². The van der Waals surface area contributed by atoms with Gasteiger partial charge in [0, 0.05) is 29.4 Å². The zero-order valence-electron chi connectivity index (χ0n) is 15.2. The zero-order chi connectivity index (χ0) is 19.8. The lowest BCUT2D eigenvalue weighted by Gasteiger charge is -2.28. The molecule has 0 aliphatic carbocycles. The maximum Gasteiger partial charge on any atom is 0.242 e. The molecule has 7 heteroatoms. The minimum atomic E-state index is -0.588. The summed E-state index contributed by atoms with van der Waals surface area (Å²) in [7, 11) is 1.56. The van der Waals surface area contributed by atoms with Crippen molar-refractivity contribution < 1.29 is 9.59 Å². The third kappa shape index (κ3) is 6.45. The fourth-order valence-electron chi connectivity index (χ4n) is 2.52. The molecular formula is C20H22Cl2N2O2S. The average molecular weight is 425 g/mol. The van der Waals surface area contributed by atoms with E-state index in [0.29, 0.717) is 15.8 Å². The third-order valence-corrected chi connectivity index (χ3v) is 5.73. The molecule has 2 aromatic carbocycles. The van der Waals surface area contributed by atoms with Crippen LogP contribution in [-0.2, 0) is 21.9 Å². The Hall–Kier alpha value is -1.69.